The molecule has 54 heavy (non-hydrogen) atoms. The number of rotatable bonds is 18. The number of hydrogen-bond donors (Lipinski definition) is 6. The number of hydrazine groups is 1. The monoisotopic (exact) mass is 849 g/mol. The molecule has 4 unspecified atom stereocenters. The first-order valence-corrected chi connectivity index (χ1v) is 22.0. The van der Waals surface area contributed by atoms with Gasteiger partial charge in [0.25, 0.3) is 10.1 Å². The summed E-state index contributed by atoms with van der Waals surface area (Å²) in [5.74, 6) is -0.316. The van der Waals surface area contributed by atoms with Gasteiger partial charge in [0.15, 0.2) is 11.1 Å². The van der Waals surface area contributed by atoms with Gasteiger partial charge >= 0.3 is 10.4 Å². The number of halogens is 1. The molecule has 4 rings (SSSR count). The Hall–Kier alpha value is -3.74. The van der Waals surface area contributed by atoms with Crippen LogP contribution in [0.15, 0.2) is 64.1 Å². The molecule has 0 fully saturated rings. The van der Waals surface area contributed by atoms with Crippen LogP contribution in [-0.2, 0) is 46.6 Å². The van der Waals surface area contributed by atoms with Crippen LogP contribution in [-0.4, -0.2) is 97.2 Å². The predicted molar refractivity (Wildman–Crippen MR) is 207 cm³/mol. The van der Waals surface area contributed by atoms with E-state index >= 15 is 0 Å². The van der Waals surface area contributed by atoms with E-state index < -0.39 is 59.7 Å². The molecule has 0 aliphatic heterocycles. The van der Waals surface area contributed by atoms with Crippen LogP contribution in [0.1, 0.15) is 27.2 Å². The summed E-state index contributed by atoms with van der Waals surface area (Å²) in [5.41, 5.74) is 3.06. The van der Waals surface area contributed by atoms with E-state index in [1.807, 2.05) is 20.8 Å². The predicted octanol–water partition coefficient (Wildman–Crippen LogP) is 3.93. The van der Waals surface area contributed by atoms with E-state index in [2.05, 4.69) is 29.9 Å². The summed E-state index contributed by atoms with van der Waals surface area (Å²) in [6.07, 6.45) is 6.76. The Kier molecular flexibility index (Phi) is 14.5. The Morgan fingerprint density at radius 3 is 2.39 bits per heavy atom. The molecule has 1 aliphatic carbocycles. The molecular formula is C31H40ClN7O11S4. The quantitative estimate of drug-likeness (QED) is 0.0602. The number of fused-ring (bicyclic) bond motifs is 1. The third kappa shape index (κ3) is 11.6. The molecule has 0 saturated carbocycles. The van der Waals surface area contributed by atoms with Crippen molar-refractivity contribution < 1.29 is 48.2 Å². The van der Waals surface area contributed by atoms with Gasteiger partial charge in [-0.25, -0.2) is 8.39 Å². The molecule has 1 aliphatic rings. The second kappa shape index (κ2) is 18.3. The van der Waals surface area contributed by atoms with E-state index in [4.69, 9.17) is 16.2 Å². The Morgan fingerprint density at radius 1 is 1.06 bits per heavy atom. The first-order chi connectivity index (χ1) is 25.3. The highest BCUT2D eigenvalue weighted by molar-refractivity contribution is 7.90. The second-order valence-corrected chi connectivity index (χ2v) is 17.4. The highest BCUT2D eigenvalue weighted by Crippen LogP contribution is 2.40. The van der Waals surface area contributed by atoms with Crippen LogP contribution >= 0.6 is 11.6 Å². The zero-order valence-electron chi connectivity index (χ0n) is 29.4. The van der Waals surface area contributed by atoms with E-state index in [-0.39, 0.29) is 62.2 Å². The van der Waals surface area contributed by atoms with E-state index in [0.717, 1.165) is 0 Å². The normalized spacial score (nSPS) is 16.6. The number of anilines is 4. The average molecular weight is 850 g/mol. The van der Waals surface area contributed by atoms with Crippen LogP contribution in [0.4, 0.5) is 23.3 Å². The van der Waals surface area contributed by atoms with Crippen molar-refractivity contribution in [1.29, 1.82) is 0 Å². The number of aromatic nitrogens is 3. The SMILES string of the molecule is CCC1C=CC(NN(C)c2c(S(=O)O)cc3cc(Nc4nc(Cl)nc(N(CC)CC(C)CS(=O)CCOS(=O)(=O)O)n4)ccc3c2O)=C(S(=O)(=O)O)C=C1. The third-order valence-corrected chi connectivity index (χ3v) is 11.7. The molecule has 296 valence electrons. The van der Waals surface area contributed by atoms with Crippen molar-refractivity contribution in [3.63, 3.8) is 0 Å². The van der Waals surface area contributed by atoms with Crippen molar-refractivity contribution in [1.82, 2.24) is 20.4 Å². The number of allylic oxidation sites excluding steroid dienone is 4. The molecule has 23 heteroatoms. The molecule has 2 aromatic carbocycles. The number of aromatic hydroxyl groups is 1. The molecule has 0 bridgehead atoms. The number of phenols is 1. The fourth-order valence-electron chi connectivity index (χ4n) is 5.46. The fourth-order valence-corrected chi connectivity index (χ4v) is 8.46. The van der Waals surface area contributed by atoms with Gasteiger partial charge in [0.1, 0.15) is 16.3 Å². The number of nitrogens with zero attached hydrogens (tertiary/aromatic N) is 5. The average Bonchev–Trinajstić information content (AvgIpc) is 3.28. The summed E-state index contributed by atoms with van der Waals surface area (Å²) >= 11 is 3.62. The maximum absolute atomic E-state index is 12.6. The van der Waals surface area contributed by atoms with E-state index in [1.54, 1.807) is 35.3 Å². The highest BCUT2D eigenvalue weighted by Gasteiger charge is 2.25. The van der Waals surface area contributed by atoms with Crippen molar-refractivity contribution in [3.8, 4) is 5.75 Å². The molecule has 0 spiro atoms. The van der Waals surface area contributed by atoms with Gasteiger partial charge in [0.05, 0.1) is 17.2 Å². The Morgan fingerprint density at radius 2 is 1.76 bits per heavy atom. The summed E-state index contributed by atoms with van der Waals surface area (Å²) < 4.78 is 104. The van der Waals surface area contributed by atoms with E-state index in [9.17, 15) is 39.5 Å². The smallest absolute Gasteiger partial charge is 0.397 e. The van der Waals surface area contributed by atoms with Gasteiger partial charge in [-0.1, -0.05) is 26.0 Å². The lowest BCUT2D eigenvalue weighted by molar-refractivity contribution is 0.284. The lowest BCUT2D eigenvalue weighted by Crippen LogP contribution is -2.35. The molecule has 1 heterocycles. The van der Waals surface area contributed by atoms with Gasteiger partial charge < -0.3 is 19.9 Å². The van der Waals surface area contributed by atoms with E-state index in [1.165, 1.54) is 30.3 Å². The standard InChI is InChI=1S/C31H40ClN7O11S4/c1-5-20-7-11-24(26(12-8-20)53(44,45)46)37-38(4)27-25(52(42)43)16-21-15-22(9-10-23(21)28(27)40)33-30-34-29(32)35-31(36-30)39(6-2)17-19(3)18-51(41)14-13-50-54(47,48)49/h7-12,15-16,19-20,37,40H,5-6,13-14,17-18H2,1-4H3,(H,42,43)(H,44,45,46)(H,47,48,49)(H,33,34,35,36). The minimum absolute atomic E-state index is 0.0359. The lowest BCUT2D eigenvalue weighted by Gasteiger charge is -2.26. The summed E-state index contributed by atoms with van der Waals surface area (Å²) in [6.45, 7) is 5.96. The lowest BCUT2D eigenvalue weighted by atomic mass is 10.1. The Balaban J connectivity index is 1.58. The minimum atomic E-state index is -4.68. The number of hydrogen-bond acceptors (Lipinski definition) is 15. The highest BCUT2D eigenvalue weighted by atomic mass is 35.5. The molecule has 18 nitrogen and oxygen atoms in total. The molecule has 0 saturated heterocycles. The second-order valence-electron chi connectivity index (χ2n) is 12.0. The zero-order chi connectivity index (χ0) is 40.0. The van der Waals surface area contributed by atoms with E-state index in [0.29, 0.717) is 30.6 Å². The van der Waals surface area contributed by atoms with Crippen LogP contribution < -0.4 is 20.7 Å². The van der Waals surface area contributed by atoms with Gasteiger partial charge in [0.2, 0.25) is 17.2 Å². The first-order valence-electron chi connectivity index (χ1n) is 16.2. The zero-order valence-corrected chi connectivity index (χ0v) is 33.4. The molecule has 1 aromatic heterocycles. The molecular weight excluding hydrogens is 810 g/mol. The van der Waals surface area contributed by atoms with Crippen molar-refractivity contribution in [2.45, 2.75) is 32.1 Å². The van der Waals surface area contributed by atoms with Crippen molar-refractivity contribution in [2.24, 2.45) is 11.8 Å². The number of nitrogens with one attached hydrogen (secondary N) is 2. The van der Waals surface area contributed by atoms with Crippen LogP contribution in [0.5, 0.6) is 5.75 Å². The summed E-state index contributed by atoms with van der Waals surface area (Å²) in [7, 11) is -9.33. The van der Waals surface area contributed by atoms with Gasteiger partial charge in [-0.2, -0.15) is 31.8 Å². The van der Waals surface area contributed by atoms with Crippen molar-refractivity contribution >= 4 is 88.0 Å². The van der Waals surface area contributed by atoms with Crippen LogP contribution in [0.3, 0.4) is 0 Å². The number of phenolic OH excluding ortho intramolecular Hbond substituents is 1. The minimum Gasteiger partial charge on any atom is -0.505 e. The molecule has 4 atom stereocenters. The van der Waals surface area contributed by atoms with Crippen LogP contribution in [0.2, 0.25) is 5.28 Å². The van der Waals surface area contributed by atoms with Gasteiger partial charge in [-0.05, 0) is 78.6 Å². The van der Waals surface area contributed by atoms with Gasteiger partial charge in [0, 0.05) is 53.5 Å². The first kappa shape index (κ1) is 43.0. The largest absolute Gasteiger partial charge is 0.505 e. The Labute approximate surface area is 322 Å². The van der Waals surface area contributed by atoms with Crippen molar-refractivity contribution in [2.75, 3.05) is 53.5 Å². The molecule has 3 aromatic rings. The Bertz CT molecular complexity index is 2240. The summed E-state index contributed by atoms with van der Waals surface area (Å²) in [4.78, 5) is 14.0. The number of benzene rings is 2. The molecule has 0 amide bonds. The van der Waals surface area contributed by atoms with Gasteiger partial charge in [-0.3, -0.25) is 23.7 Å². The maximum Gasteiger partial charge on any atom is 0.397 e. The van der Waals surface area contributed by atoms with Crippen LogP contribution in [0.25, 0.3) is 10.8 Å². The maximum atomic E-state index is 12.6. The summed E-state index contributed by atoms with van der Waals surface area (Å²) in [5, 5.41) is 16.1. The molecule has 6 N–H and O–H groups in total. The summed E-state index contributed by atoms with van der Waals surface area (Å²) in [6, 6.07) is 6.09. The van der Waals surface area contributed by atoms with Gasteiger partial charge in [-0.15, -0.1) is 0 Å². The van der Waals surface area contributed by atoms with Crippen LogP contribution in [0, 0.1) is 11.8 Å². The topological polar surface area (TPSA) is 262 Å². The molecule has 0 radical (unpaired) electrons. The third-order valence-electron chi connectivity index (χ3n) is 7.95. The fraction of sp³-hybridized carbons (Fsp3) is 0.387. The van der Waals surface area contributed by atoms with Crippen molar-refractivity contribution in [3.05, 3.63) is 64.5 Å².